The van der Waals surface area contributed by atoms with Crippen molar-refractivity contribution >= 4 is 34.7 Å². The number of hydrogen-bond donors (Lipinski definition) is 3. The van der Waals surface area contributed by atoms with Crippen LogP contribution < -0.4 is 5.32 Å². The van der Waals surface area contributed by atoms with Crippen LogP contribution in [0.4, 0.5) is 11.9 Å². The van der Waals surface area contributed by atoms with Gasteiger partial charge in [-0.2, -0.15) is 10.1 Å². The monoisotopic (exact) mass is 473 g/mol. The van der Waals surface area contributed by atoms with Gasteiger partial charge in [0.05, 0.1) is 17.9 Å². The van der Waals surface area contributed by atoms with Gasteiger partial charge in [-0.05, 0) is 43.7 Å². The van der Waals surface area contributed by atoms with Crippen molar-refractivity contribution in [3.8, 4) is 11.3 Å². The molecule has 1 saturated carbocycles. The quantitative estimate of drug-likeness (QED) is 0.299. The fourth-order valence-electron chi connectivity index (χ4n) is 4.37. The van der Waals surface area contributed by atoms with E-state index in [1.807, 2.05) is 18.5 Å². The second-order valence-corrected chi connectivity index (χ2v) is 9.31. The molecule has 0 spiro atoms. The van der Waals surface area contributed by atoms with Gasteiger partial charge in [0.25, 0.3) is 0 Å². The summed E-state index contributed by atoms with van der Waals surface area (Å²) < 4.78 is 2.11. The maximum absolute atomic E-state index is 4.66. The number of thioether (sulfide) groups is 1. The highest BCUT2D eigenvalue weighted by molar-refractivity contribution is 7.99. The SMILES string of the molecule is c1cnc(Nc2nc(SCC3CCC(n4cc(-c5ncnc6[nH]ccc56)cn4)CC3)n[nH]2)nc1. The summed E-state index contributed by atoms with van der Waals surface area (Å²) in [5.41, 5.74) is 2.79. The topological polar surface area (TPSA) is 139 Å². The van der Waals surface area contributed by atoms with Crippen molar-refractivity contribution < 1.29 is 0 Å². The first-order valence-corrected chi connectivity index (χ1v) is 12.2. The minimum Gasteiger partial charge on any atom is -0.346 e. The van der Waals surface area contributed by atoms with Gasteiger partial charge in [0.2, 0.25) is 17.1 Å². The number of nitrogens with zero attached hydrogens (tertiary/aromatic N) is 8. The summed E-state index contributed by atoms with van der Waals surface area (Å²) in [6, 6.07) is 4.20. The number of aromatic nitrogens is 10. The molecule has 0 bridgehead atoms. The van der Waals surface area contributed by atoms with Crippen molar-refractivity contribution in [2.45, 2.75) is 36.9 Å². The van der Waals surface area contributed by atoms with Crippen molar-refractivity contribution in [2.24, 2.45) is 5.92 Å². The highest BCUT2D eigenvalue weighted by Gasteiger charge is 2.24. The molecule has 0 aromatic carbocycles. The Bertz CT molecular complexity index is 1370. The number of rotatable bonds is 7. The Morgan fingerprint density at radius 3 is 2.85 bits per heavy atom. The molecule has 1 fully saturated rings. The average Bonchev–Trinajstić information content (AvgIpc) is 3.64. The number of fused-ring (bicyclic) bond motifs is 1. The maximum Gasteiger partial charge on any atom is 0.229 e. The second kappa shape index (κ2) is 9.21. The van der Waals surface area contributed by atoms with Crippen LogP contribution in [0.25, 0.3) is 22.3 Å². The fraction of sp³-hybridized carbons (Fsp3) is 0.318. The van der Waals surface area contributed by atoms with Crippen LogP contribution in [0.15, 0.2) is 54.6 Å². The molecule has 1 aliphatic rings. The molecule has 11 nitrogen and oxygen atoms in total. The molecule has 5 aromatic rings. The van der Waals surface area contributed by atoms with Gasteiger partial charge in [0.15, 0.2) is 0 Å². The van der Waals surface area contributed by atoms with Gasteiger partial charge in [0, 0.05) is 41.5 Å². The van der Waals surface area contributed by atoms with E-state index in [4.69, 9.17) is 0 Å². The second-order valence-electron chi connectivity index (χ2n) is 8.32. The molecule has 0 amide bonds. The maximum atomic E-state index is 4.66. The Morgan fingerprint density at radius 2 is 1.97 bits per heavy atom. The predicted molar refractivity (Wildman–Crippen MR) is 129 cm³/mol. The summed E-state index contributed by atoms with van der Waals surface area (Å²) in [6.45, 7) is 0. The first kappa shape index (κ1) is 20.8. The van der Waals surface area contributed by atoms with Crippen molar-refractivity contribution in [1.82, 2.24) is 49.9 Å². The Kier molecular flexibility index (Phi) is 5.63. The van der Waals surface area contributed by atoms with Crippen molar-refractivity contribution in [3.63, 3.8) is 0 Å². The molecule has 5 heterocycles. The van der Waals surface area contributed by atoms with Gasteiger partial charge in [-0.25, -0.2) is 25.0 Å². The highest BCUT2D eigenvalue weighted by Crippen LogP contribution is 2.35. The van der Waals surface area contributed by atoms with E-state index in [1.54, 1.807) is 36.5 Å². The van der Waals surface area contributed by atoms with E-state index in [0.717, 1.165) is 58.9 Å². The van der Waals surface area contributed by atoms with Crippen LogP contribution in [-0.4, -0.2) is 55.6 Å². The van der Waals surface area contributed by atoms with Gasteiger partial charge < -0.3 is 4.98 Å². The number of hydrogen-bond acceptors (Lipinski definition) is 9. The summed E-state index contributed by atoms with van der Waals surface area (Å²) in [6.07, 6.45) is 15.4. The van der Waals surface area contributed by atoms with Gasteiger partial charge >= 0.3 is 0 Å². The molecule has 0 radical (unpaired) electrons. The van der Waals surface area contributed by atoms with Crippen LogP contribution in [0.2, 0.25) is 0 Å². The standard InChI is InChI=1S/C22H23N11S/c1-7-24-20(25-8-1)29-21-30-22(32-31-21)34-12-14-2-4-16(5-3-14)33-11-15(10-28-33)18-17-6-9-23-19(17)27-13-26-18/h1,6-11,13-14,16H,2-5,12H2,(H,23,26,27)(H2,24,25,29,30,31,32). The first-order valence-electron chi connectivity index (χ1n) is 11.2. The summed E-state index contributed by atoms with van der Waals surface area (Å²) in [5.74, 6) is 2.69. The van der Waals surface area contributed by atoms with E-state index < -0.39 is 0 Å². The van der Waals surface area contributed by atoms with Crippen LogP contribution in [0.3, 0.4) is 0 Å². The fourth-order valence-corrected chi connectivity index (χ4v) is 5.35. The normalized spacial score (nSPS) is 18.4. The van der Waals surface area contributed by atoms with Crippen LogP contribution >= 0.6 is 11.8 Å². The number of anilines is 2. The van der Waals surface area contributed by atoms with Crippen molar-refractivity contribution in [1.29, 1.82) is 0 Å². The van der Waals surface area contributed by atoms with Crippen LogP contribution in [0.1, 0.15) is 31.7 Å². The third kappa shape index (κ3) is 4.36. The van der Waals surface area contributed by atoms with Gasteiger partial charge in [0.1, 0.15) is 12.0 Å². The molecule has 0 unspecified atom stereocenters. The third-order valence-corrected chi connectivity index (χ3v) is 7.21. The lowest BCUT2D eigenvalue weighted by atomic mass is 9.87. The minimum atomic E-state index is 0.420. The molecular formula is C22H23N11S. The molecule has 0 atom stereocenters. The lowest BCUT2D eigenvalue weighted by Gasteiger charge is -2.28. The van der Waals surface area contributed by atoms with E-state index in [0.29, 0.717) is 23.9 Å². The smallest absolute Gasteiger partial charge is 0.229 e. The van der Waals surface area contributed by atoms with E-state index in [2.05, 4.69) is 61.4 Å². The molecular weight excluding hydrogens is 450 g/mol. The molecule has 172 valence electrons. The van der Waals surface area contributed by atoms with Crippen LogP contribution in [0, 0.1) is 5.92 Å². The minimum absolute atomic E-state index is 0.420. The van der Waals surface area contributed by atoms with E-state index in [9.17, 15) is 0 Å². The van der Waals surface area contributed by atoms with Crippen molar-refractivity contribution in [2.75, 3.05) is 11.1 Å². The summed E-state index contributed by atoms with van der Waals surface area (Å²) in [4.78, 5) is 24.6. The molecule has 12 heteroatoms. The Hall–Kier alpha value is -3.80. The summed E-state index contributed by atoms with van der Waals surface area (Å²) >= 11 is 1.68. The zero-order valence-corrected chi connectivity index (χ0v) is 19.1. The summed E-state index contributed by atoms with van der Waals surface area (Å²) in [7, 11) is 0. The zero-order chi connectivity index (χ0) is 22.7. The third-order valence-electron chi connectivity index (χ3n) is 6.13. The molecule has 0 saturated heterocycles. The Morgan fingerprint density at radius 1 is 1.09 bits per heavy atom. The largest absolute Gasteiger partial charge is 0.346 e. The molecule has 3 N–H and O–H groups in total. The molecule has 6 rings (SSSR count). The number of aromatic amines is 2. The molecule has 1 aliphatic carbocycles. The molecule has 34 heavy (non-hydrogen) atoms. The lowest BCUT2D eigenvalue weighted by molar-refractivity contribution is 0.277. The van der Waals surface area contributed by atoms with Gasteiger partial charge in [-0.3, -0.25) is 10.00 Å². The van der Waals surface area contributed by atoms with E-state index in [-0.39, 0.29) is 0 Å². The average molecular weight is 474 g/mol. The van der Waals surface area contributed by atoms with Gasteiger partial charge in [-0.15, -0.1) is 5.10 Å². The first-order chi connectivity index (χ1) is 16.8. The molecule has 0 aliphatic heterocycles. The van der Waals surface area contributed by atoms with Crippen LogP contribution in [-0.2, 0) is 0 Å². The number of H-pyrrole nitrogens is 2. The van der Waals surface area contributed by atoms with Crippen molar-refractivity contribution in [3.05, 3.63) is 49.4 Å². The van der Waals surface area contributed by atoms with Gasteiger partial charge in [-0.1, -0.05) is 11.8 Å². The zero-order valence-electron chi connectivity index (χ0n) is 18.3. The summed E-state index contributed by atoms with van der Waals surface area (Å²) in [5, 5.41) is 16.6. The molecule has 5 aromatic heterocycles. The number of nitrogens with one attached hydrogen (secondary N) is 3. The Balaban J connectivity index is 1.02. The van der Waals surface area contributed by atoms with E-state index in [1.165, 1.54) is 0 Å². The lowest BCUT2D eigenvalue weighted by Crippen LogP contribution is -2.19. The van der Waals surface area contributed by atoms with E-state index >= 15 is 0 Å². The van der Waals surface area contributed by atoms with Crippen LogP contribution in [0.5, 0.6) is 0 Å². The Labute approximate surface area is 199 Å². The predicted octanol–water partition coefficient (Wildman–Crippen LogP) is 4.00. The highest BCUT2D eigenvalue weighted by atomic mass is 32.2.